The highest BCUT2D eigenvalue weighted by molar-refractivity contribution is 5.68. The number of hydrogen-bond donors (Lipinski definition) is 1. The number of benzene rings is 1. The molecule has 1 rings (SSSR count). The maximum atomic E-state index is 13.2. The van der Waals surface area contributed by atoms with Crippen LogP contribution in [0.5, 0.6) is 0 Å². The summed E-state index contributed by atoms with van der Waals surface area (Å²) in [4.78, 5) is 2.17. The van der Waals surface area contributed by atoms with Crippen molar-refractivity contribution in [2.75, 3.05) is 23.7 Å². The molecule has 84 valence electrons. The zero-order valence-corrected chi connectivity index (χ0v) is 9.68. The van der Waals surface area contributed by atoms with Gasteiger partial charge in [-0.25, -0.2) is 4.39 Å². The lowest BCUT2D eigenvalue weighted by atomic mass is 10.1. The number of anilines is 2. The minimum Gasteiger partial charge on any atom is -0.397 e. The van der Waals surface area contributed by atoms with Gasteiger partial charge in [0.05, 0.1) is 11.4 Å². The Morgan fingerprint density at radius 2 is 2.00 bits per heavy atom. The van der Waals surface area contributed by atoms with Crippen LogP contribution >= 0.6 is 0 Å². The summed E-state index contributed by atoms with van der Waals surface area (Å²) in [6, 6.07) is 3.23. The number of hydrogen-bond acceptors (Lipinski definition) is 2. The molecule has 0 saturated carbocycles. The van der Waals surface area contributed by atoms with Crippen molar-refractivity contribution in [1.82, 2.24) is 0 Å². The SMILES string of the molecule is CCCN(CC)c1cc(C)c(F)cc1N. The first-order valence-corrected chi connectivity index (χ1v) is 5.40. The summed E-state index contributed by atoms with van der Waals surface area (Å²) in [5.74, 6) is -0.233. The van der Waals surface area contributed by atoms with E-state index in [2.05, 4.69) is 18.7 Å². The van der Waals surface area contributed by atoms with E-state index >= 15 is 0 Å². The summed E-state index contributed by atoms with van der Waals surface area (Å²) < 4.78 is 13.2. The predicted molar refractivity (Wildman–Crippen MR) is 63.7 cm³/mol. The molecular weight excluding hydrogens is 191 g/mol. The Bertz CT molecular complexity index is 337. The smallest absolute Gasteiger partial charge is 0.128 e. The van der Waals surface area contributed by atoms with Crippen molar-refractivity contribution in [1.29, 1.82) is 0 Å². The van der Waals surface area contributed by atoms with Gasteiger partial charge in [-0.05, 0) is 38.0 Å². The van der Waals surface area contributed by atoms with E-state index in [1.807, 2.05) is 6.07 Å². The van der Waals surface area contributed by atoms with Crippen molar-refractivity contribution in [3.8, 4) is 0 Å². The molecule has 0 aliphatic rings. The topological polar surface area (TPSA) is 29.3 Å². The van der Waals surface area contributed by atoms with Crippen molar-refractivity contribution in [2.24, 2.45) is 0 Å². The van der Waals surface area contributed by atoms with Gasteiger partial charge in [0.15, 0.2) is 0 Å². The second kappa shape index (κ2) is 5.01. The van der Waals surface area contributed by atoms with Crippen molar-refractivity contribution < 1.29 is 4.39 Å². The first kappa shape index (κ1) is 11.8. The molecule has 0 aliphatic carbocycles. The van der Waals surface area contributed by atoms with Crippen molar-refractivity contribution in [3.05, 3.63) is 23.5 Å². The molecular formula is C12H19FN2. The van der Waals surface area contributed by atoms with Gasteiger partial charge >= 0.3 is 0 Å². The Kier molecular flexibility index (Phi) is 3.95. The first-order valence-electron chi connectivity index (χ1n) is 5.40. The molecule has 0 unspecified atom stereocenters. The number of nitrogens with zero attached hydrogens (tertiary/aromatic N) is 1. The molecule has 1 aromatic rings. The molecule has 1 aromatic carbocycles. The van der Waals surface area contributed by atoms with E-state index < -0.39 is 0 Å². The van der Waals surface area contributed by atoms with Crippen LogP contribution in [0.15, 0.2) is 12.1 Å². The summed E-state index contributed by atoms with van der Waals surface area (Å²) in [5, 5.41) is 0. The van der Waals surface area contributed by atoms with E-state index in [1.54, 1.807) is 6.92 Å². The van der Waals surface area contributed by atoms with E-state index in [0.717, 1.165) is 25.2 Å². The van der Waals surface area contributed by atoms with Gasteiger partial charge in [0, 0.05) is 13.1 Å². The van der Waals surface area contributed by atoms with E-state index in [-0.39, 0.29) is 5.82 Å². The first-order chi connectivity index (χ1) is 7.10. The van der Waals surface area contributed by atoms with E-state index in [4.69, 9.17) is 5.73 Å². The van der Waals surface area contributed by atoms with Gasteiger partial charge in [0.2, 0.25) is 0 Å². The van der Waals surface area contributed by atoms with Gasteiger partial charge < -0.3 is 10.6 Å². The summed E-state index contributed by atoms with van der Waals surface area (Å²) in [7, 11) is 0. The number of aryl methyl sites for hydroxylation is 1. The lowest BCUT2D eigenvalue weighted by Crippen LogP contribution is -2.24. The van der Waals surface area contributed by atoms with E-state index in [9.17, 15) is 4.39 Å². The third-order valence-corrected chi connectivity index (χ3v) is 2.52. The van der Waals surface area contributed by atoms with Gasteiger partial charge in [-0.2, -0.15) is 0 Å². The highest BCUT2D eigenvalue weighted by Gasteiger charge is 2.09. The minimum atomic E-state index is -0.233. The van der Waals surface area contributed by atoms with Crippen LogP contribution in [0.25, 0.3) is 0 Å². The third kappa shape index (κ3) is 2.61. The van der Waals surface area contributed by atoms with Gasteiger partial charge in [-0.1, -0.05) is 6.92 Å². The lowest BCUT2D eigenvalue weighted by Gasteiger charge is -2.24. The minimum absolute atomic E-state index is 0.233. The van der Waals surface area contributed by atoms with Crippen LogP contribution in [-0.4, -0.2) is 13.1 Å². The molecule has 0 heterocycles. The Labute approximate surface area is 90.9 Å². The van der Waals surface area contributed by atoms with Crippen LogP contribution in [-0.2, 0) is 0 Å². The Morgan fingerprint density at radius 1 is 1.33 bits per heavy atom. The van der Waals surface area contributed by atoms with Crippen LogP contribution in [0.3, 0.4) is 0 Å². The molecule has 2 N–H and O–H groups in total. The van der Waals surface area contributed by atoms with Gasteiger partial charge in [-0.15, -0.1) is 0 Å². The summed E-state index contributed by atoms with van der Waals surface area (Å²) in [6.45, 7) is 7.80. The highest BCUT2D eigenvalue weighted by Crippen LogP contribution is 2.26. The van der Waals surface area contributed by atoms with E-state index in [1.165, 1.54) is 6.07 Å². The average molecular weight is 210 g/mol. The second-order valence-corrected chi connectivity index (χ2v) is 3.74. The van der Waals surface area contributed by atoms with Crippen LogP contribution in [0, 0.1) is 12.7 Å². The fraction of sp³-hybridized carbons (Fsp3) is 0.500. The molecule has 0 radical (unpaired) electrons. The molecule has 0 spiro atoms. The Morgan fingerprint density at radius 3 is 2.53 bits per heavy atom. The van der Waals surface area contributed by atoms with Crippen LogP contribution in [0.2, 0.25) is 0 Å². The highest BCUT2D eigenvalue weighted by atomic mass is 19.1. The molecule has 2 nitrogen and oxygen atoms in total. The third-order valence-electron chi connectivity index (χ3n) is 2.52. The zero-order valence-electron chi connectivity index (χ0n) is 9.68. The standard InChI is InChI=1S/C12H19FN2/c1-4-6-15(5-2)12-7-9(3)10(13)8-11(12)14/h7-8H,4-6,14H2,1-3H3. The van der Waals surface area contributed by atoms with Crippen LogP contribution < -0.4 is 10.6 Å². The van der Waals surface area contributed by atoms with Crippen LogP contribution in [0.1, 0.15) is 25.8 Å². The Hall–Kier alpha value is -1.25. The largest absolute Gasteiger partial charge is 0.397 e. The normalized spacial score (nSPS) is 10.4. The molecule has 3 heteroatoms. The maximum absolute atomic E-state index is 13.2. The summed E-state index contributed by atoms with van der Waals surface area (Å²) >= 11 is 0. The predicted octanol–water partition coefficient (Wildman–Crippen LogP) is 2.95. The van der Waals surface area contributed by atoms with Crippen LogP contribution in [0.4, 0.5) is 15.8 Å². The Balaban J connectivity index is 3.06. The molecule has 0 fully saturated rings. The van der Waals surface area contributed by atoms with Crippen molar-refractivity contribution in [2.45, 2.75) is 27.2 Å². The van der Waals surface area contributed by atoms with E-state index in [0.29, 0.717) is 11.3 Å². The lowest BCUT2D eigenvalue weighted by molar-refractivity contribution is 0.618. The fourth-order valence-electron chi connectivity index (χ4n) is 1.67. The van der Waals surface area contributed by atoms with Gasteiger partial charge in [0.1, 0.15) is 5.82 Å². The number of nitrogens with two attached hydrogens (primary N) is 1. The van der Waals surface area contributed by atoms with Crippen molar-refractivity contribution in [3.63, 3.8) is 0 Å². The fourth-order valence-corrected chi connectivity index (χ4v) is 1.67. The van der Waals surface area contributed by atoms with Gasteiger partial charge in [-0.3, -0.25) is 0 Å². The van der Waals surface area contributed by atoms with Gasteiger partial charge in [0.25, 0.3) is 0 Å². The quantitative estimate of drug-likeness (QED) is 0.774. The number of rotatable bonds is 4. The second-order valence-electron chi connectivity index (χ2n) is 3.74. The molecule has 0 atom stereocenters. The maximum Gasteiger partial charge on any atom is 0.128 e. The molecule has 0 amide bonds. The van der Waals surface area contributed by atoms with Crippen molar-refractivity contribution >= 4 is 11.4 Å². The summed E-state index contributed by atoms with van der Waals surface area (Å²) in [6.07, 6.45) is 1.06. The molecule has 0 bridgehead atoms. The average Bonchev–Trinajstić information content (AvgIpc) is 2.20. The molecule has 15 heavy (non-hydrogen) atoms. The molecule has 0 aromatic heterocycles. The number of halogens is 1. The summed E-state index contributed by atoms with van der Waals surface area (Å²) in [5.41, 5.74) is 7.93. The molecule has 0 saturated heterocycles. The molecule has 0 aliphatic heterocycles. The monoisotopic (exact) mass is 210 g/mol. The zero-order chi connectivity index (χ0) is 11.4. The number of nitrogen functional groups attached to an aromatic ring is 1.